The van der Waals surface area contributed by atoms with Crippen LogP contribution in [0.1, 0.15) is 37.6 Å². The minimum absolute atomic E-state index is 0.0998. The molecule has 2 unspecified atom stereocenters. The average Bonchev–Trinajstić information content (AvgIpc) is 2.44. The number of ether oxygens (including phenoxy) is 1. The molecule has 1 amide bonds. The summed E-state index contributed by atoms with van der Waals surface area (Å²) in [5, 5.41) is 0. The molecule has 0 aliphatic carbocycles. The minimum atomic E-state index is -0.498. The van der Waals surface area contributed by atoms with Gasteiger partial charge in [-0.3, -0.25) is 9.59 Å². The van der Waals surface area contributed by atoms with Gasteiger partial charge < -0.3 is 9.64 Å². The van der Waals surface area contributed by atoms with E-state index < -0.39 is 5.82 Å². The molecule has 1 saturated heterocycles. The Morgan fingerprint density at radius 3 is 2.50 bits per heavy atom. The Kier molecular flexibility index (Phi) is 5.16. The van der Waals surface area contributed by atoms with Crippen LogP contribution >= 0.6 is 0 Å². The van der Waals surface area contributed by atoms with Gasteiger partial charge in [0.2, 0.25) is 0 Å². The van der Waals surface area contributed by atoms with Crippen LogP contribution in [-0.4, -0.2) is 36.3 Å². The second kappa shape index (κ2) is 6.90. The predicted octanol–water partition coefficient (Wildman–Crippen LogP) is 2.91. The summed E-state index contributed by atoms with van der Waals surface area (Å²) in [6.45, 7) is 6.93. The lowest BCUT2D eigenvalue weighted by Crippen LogP contribution is -2.44. The van der Waals surface area contributed by atoms with Crippen LogP contribution in [0.25, 0.3) is 0 Å². The maximum Gasteiger partial charge on any atom is 0.260 e. The highest BCUT2D eigenvalue weighted by molar-refractivity contribution is 5.96. The van der Waals surface area contributed by atoms with E-state index in [1.54, 1.807) is 4.90 Å². The SMILES string of the molecule is CC(=O)c1cc(F)ccc1OCC(=O)N1CC(C)CC(C)C1. The molecule has 0 spiro atoms. The van der Waals surface area contributed by atoms with Crippen LogP contribution in [0.3, 0.4) is 0 Å². The van der Waals surface area contributed by atoms with Gasteiger partial charge in [-0.25, -0.2) is 4.39 Å². The molecule has 5 heteroatoms. The van der Waals surface area contributed by atoms with Gasteiger partial charge in [0.25, 0.3) is 5.91 Å². The van der Waals surface area contributed by atoms with Crippen LogP contribution in [0.5, 0.6) is 5.75 Å². The molecule has 0 saturated carbocycles. The van der Waals surface area contributed by atoms with E-state index in [9.17, 15) is 14.0 Å². The largest absolute Gasteiger partial charge is 0.483 e. The standard InChI is InChI=1S/C17H22FNO3/c1-11-6-12(2)9-19(8-11)17(21)10-22-16-5-4-14(18)7-15(16)13(3)20/h4-5,7,11-12H,6,8-10H2,1-3H3. The van der Waals surface area contributed by atoms with Crippen molar-refractivity contribution in [2.45, 2.75) is 27.2 Å². The smallest absolute Gasteiger partial charge is 0.260 e. The molecule has 4 nitrogen and oxygen atoms in total. The van der Waals surface area contributed by atoms with E-state index in [1.165, 1.54) is 19.1 Å². The minimum Gasteiger partial charge on any atom is -0.483 e. The Morgan fingerprint density at radius 2 is 1.91 bits per heavy atom. The lowest BCUT2D eigenvalue weighted by molar-refractivity contribution is -0.136. The number of amides is 1. The molecule has 1 heterocycles. The normalized spacial score (nSPS) is 21.5. The quantitative estimate of drug-likeness (QED) is 0.804. The summed E-state index contributed by atoms with van der Waals surface area (Å²) in [4.78, 5) is 25.6. The molecule has 0 N–H and O–H groups in total. The molecular formula is C17H22FNO3. The summed E-state index contributed by atoms with van der Waals surface area (Å²) < 4.78 is 18.7. The van der Waals surface area contributed by atoms with Crippen LogP contribution in [0.2, 0.25) is 0 Å². The molecule has 1 aromatic carbocycles. The lowest BCUT2D eigenvalue weighted by Gasteiger charge is -2.34. The number of halogens is 1. The van der Waals surface area contributed by atoms with Crippen molar-refractivity contribution in [2.24, 2.45) is 11.8 Å². The second-order valence-corrected chi connectivity index (χ2v) is 6.23. The van der Waals surface area contributed by atoms with Crippen molar-refractivity contribution < 1.29 is 18.7 Å². The zero-order valence-electron chi connectivity index (χ0n) is 13.3. The van der Waals surface area contributed by atoms with Crippen LogP contribution in [0.4, 0.5) is 4.39 Å². The van der Waals surface area contributed by atoms with Gasteiger partial charge in [0.1, 0.15) is 11.6 Å². The number of likely N-dealkylation sites (tertiary alicyclic amines) is 1. The number of hydrogen-bond donors (Lipinski definition) is 0. The summed E-state index contributed by atoms with van der Waals surface area (Å²) in [5.74, 6) is 0.319. The highest BCUT2D eigenvalue weighted by Gasteiger charge is 2.25. The molecule has 1 aliphatic heterocycles. The fourth-order valence-electron chi connectivity index (χ4n) is 3.00. The van der Waals surface area contributed by atoms with Gasteiger partial charge in [0.15, 0.2) is 12.4 Å². The molecule has 1 fully saturated rings. The number of rotatable bonds is 4. The van der Waals surface area contributed by atoms with Crippen molar-refractivity contribution in [1.29, 1.82) is 0 Å². The second-order valence-electron chi connectivity index (χ2n) is 6.23. The molecule has 22 heavy (non-hydrogen) atoms. The molecule has 2 rings (SSSR count). The highest BCUT2D eigenvalue weighted by atomic mass is 19.1. The van der Waals surface area contributed by atoms with E-state index in [1.807, 2.05) is 0 Å². The first kappa shape index (κ1) is 16.5. The van der Waals surface area contributed by atoms with Crippen molar-refractivity contribution in [3.05, 3.63) is 29.6 Å². The van der Waals surface area contributed by atoms with E-state index >= 15 is 0 Å². The van der Waals surface area contributed by atoms with Gasteiger partial charge in [0, 0.05) is 13.1 Å². The predicted molar refractivity (Wildman–Crippen MR) is 81.4 cm³/mol. The highest BCUT2D eigenvalue weighted by Crippen LogP contribution is 2.23. The Bertz CT molecular complexity index is 563. The van der Waals surface area contributed by atoms with E-state index in [0.717, 1.165) is 25.6 Å². The van der Waals surface area contributed by atoms with Crippen molar-refractivity contribution >= 4 is 11.7 Å². The summed E-state index contributed by atoms with van der Waals surface area (Å²) in [5.41, 5.74) is 0.160. The Hall–Kier alpha value is -1.91. The van der Waals surface area contributed by atoms with Gasteiger partial charge >= 0.3 is 0 Å². The van der Waals surface area contributed by atoms with E-state index in [2.05, 4.69) is 13.8 Å². The molecule has 0 aromatic heterocycles. The third-order valence-corrected chi connectivity index (χ3v) is 3.89. The van der Waals surface area contributed by atoms with Crippen molar-refractivity contribution in [3.63, 3.8) is 0 Å². The van der Waals surface area contributed by atoms with E-state index in [4.69, 9.17) is 4.74 Å². The third-order valence-electron chi connectivity index (χ3n) is 3.89. The van der Waals surface area contributed by atoms with Gasteiger partial charge in [0.05, 0.1) is 5.56 Å². The summed E-state index contributed by atoms with van der Waals surface area (Å²) in [6.07, 6.45) is 1.12. The first-order valence-corrected chi connectivity index (χ1v) is 7.58. The Labute approximate surface area is 130 Å². The van der Waals surface area contributed by atoms with Gasteiger partial charge in [-0.05, 0) is 43.4 Å². The number of ketones is 1. The molecule has 2 atom stereocenters. The van der Waals surface area contributed by atoms with Crippen molar-refractivity contribution in [1.82, 2.24) is 4.90 Å². The number of piperidine rings is 1. The van der Waals surface area contributed by atoms with Gasteiger partial charge in [-0.2, -0.15) is 0 Å². The Morgan fingerprint density at radius 1 is 1.27 bits per heavy atom. The number of hydrogen-bond acceptors (Lipinski definition) is 3. The zero-order valence-corrected chi connectivity index (χ0v) is 13.3. The monoisotopic (exact) mass is 307 g/mol. The maximum absolute atomic E-state index is 13.2. The number of carbonyl (C=O) groups is 2. The molecular weight excluding hydrogens is 285 g/mol. The maximum atomic E-state index is 13.2. The van der Waals surface area contributed by atoms with Crippen molar-refractivity contribution in [3.8, 4) is 5.75 Å². The van der Waals surface area contributed by atoms with E-state index in [-0.39, 0.29) is 29.6 Å². The van der Waals surface area contributed by atoms with Crippen LogP contribution in [0, 0.1) is 17.7 Å². The lowest BCUT2D eigenvalue weighted by atomic mass is 9.92. The molecule has 120 valence electrons. The van der Waals surface area contributed by atoms with Gasteiger partial charge in [-0.1, -0.05) is 13.8 Å². The van der Waals surface area contributed by atoms with E-state index in [0.29, 0.717) is 11.8 Å². The average molecular weight is 307 g/mol. The summed E-state index contributed by atoms with van der Waals surface area (Å²) in [6, 6.07) is 3.74. The number of benzene rings is 1. The zero-order chi connectivity index (χ0) is 16.3. The van der Waals surface area contributed by atoms with Gasteiger partial charge in [-0.15, -0.1) is 0 Å². The fourth-order valence-corrected chi connectivity index (χ4v) is 3.00. The molecule has 0 bridgehead atoms. The Balaban J connectivity index is 2.01. The number of Topliss-reactive ketones (excluding diaryl/α,β-unsaturated/α-hetero) is 1. The number of nitrogens with zero attached hydrogens (tertiary/aromatic N) is 1. The molecule has 1 aliphatic rings. The van der Waals surface area contributed by atoms with Crippen LogP contribution in [-0.2, 0) is 4.79 Å². The van der Waals surface area contributed by atoms with Crippen LogP contribution in [0.15, 0.2) is 18.2 Å². The first-order chi connectivity index (χ1) is 10.4. The first-order valence-electron chi connectivity index (χ1n) is 7.58. The van der Waals surface area contributed by atoms with Crippen molar-refractivity contribution in [2.75, 3.05) is 19.7 Å². The summed E-state index contributed by atoms with van der Waals surface area (Å²) in [7, 11) is 0. The third kappa shape index (κ3) is 4.06. The molecule has 0 radical (unpaired) electrons. The summed E-state index contributed by atoms with van der Waals surface area (Å²) >= 11 is 0. The number of carbonyl (C=O) groups excluding carboxylic acids is 2. The molecule has 1 aromatic rings. The fraction of sp³-hybridized carbons (Fsp3) is 0.529. The topological polar surface area (TPSA) is 46.6 Å². The van der Waals surface area contributed by atoms with Crippen LogP contribution < -0.4 is 4.74 Å².